The summed E-state index contributed by atoms with van der Waals surface area (Å²) in [5.41, 5.74) is 2.04. The Balaban J connectivity index is 1.63. The normalized spacial score (nSPS) is 10.8. The first-order chi connectivity index (χ1) is 18.5. The Morgan fingerprint density at radius 2 is 1.11 bits per heavy atom. The van der Waals surface area contributed by atoms with Crippen molar-refractivity contribution in [2.24, 2.45) is 0 Å². The Morgan fingerprint density at radius 1 is 0.605 bits per heavy atom. The van der Waals surface area contributed by atoms with Crippen molar-refractivity contribution in [2.45, 2.75) is 0 Å². The van der Waals surface area contributed by atoms with E-state index in [0.717, 1.165) is 6.08 Å². The van der Waals surface area contributed by atoms with Crippen molar-refractivity contribution in [1.29, 1.82) is 0 Å². The number of carbonyl (C=O) groups excluding carboxylic acids is 4. The second-order valence-electron chi connectivity index (χ2n) is 8.12. The van der Waals surface area contributed by atoms with Crippen LogP contribution >= 0.6 is 0 Å². The molecule has 0 atom stereocenters. The van der Waals surface area contributed by atoms with Crippen LogP contribution in [0.4, 0.5) is 0 Å². The average molecular weight is 502 g/mol. The number of ketones is 2. The number of benzene rings is 4. The molecule has 0 aliphatic heterocycles. The number of hydrogen-bond donors (Lipinski definition) is 1. The maximum Gasteiger partial charge on any atom is 0.345 e. The Labute approximate surface area is 219 Å². The lowest BCUT2D eigenvalue weighted by atomic mass is 9.99. The summed E-state index contributed by atoms with van der Waals surface area (Å²) in [5.74, 6) is -1.72. The first-order valence-electron chi connectivity index (χ1n) is 11.7. The fourth-order valence-corrected chi connectivity index (χ4v) is 3.66. The molecular formula is C32H23NO5. The van der Waals surface area contributed by atoms with E-state index in [1.807, 2.05) is 6.07 Å². The molecule has 1 N–H and O–H groups in total. The van der Waals surface area contributed by atoms with Crippen molar-refractivity contribution < 1.29 is 23.9 Å². The molecule has 0 bridgehead atoms. The van der Waals surface area contributed by atoms with E-state index in [1.165, 1.54) is 12.3 Å². The molecule has 1 amide bonds. The molecular weight excluding hydrogens is 478 g/mol. The molecule has 0 aromatic heterocycles. The van der Waals surface area contributed by atoms with Crippen molar-refractivity contribution in [3.8, 4) is 5.75 Å². The van der Waals surface area contributed by atoms with Gasteiger partial charge < -0.3 is 10.1 Å². The van der Waals surface area contributed by atoms with E-state index in [1.54, 1.807) is 97.1 Å². The fourth-order valence-electron chi connectivity index (χ4n) is 3.66. The molecule has 6 heteroatoms. The number of hydrogen-bond acceptors (Lipinski definition) is 5. The van der Waals surface area contributed by atoms with Gasteiger partial charge in [0.1, 0.15) is 5.75 Å². The summed E-state index contributed by atoms with van der Waals surface area (Å²) in [5, 5.41) is 2.47. The van der Waals surface area contributed by atoms with E-state index in [0.29, 0.717) is 22.3 Å². The highest BCUT2D eigenvalue weighted by Crippen LogP contribution is 2.25. The lowest BCUT2D eigenvalue weighted by molar-refractivity contribution is -0.127. The maximum atomic E-state index is 13.3. The molecule has 186 valence electrons. The lowest BCUT2D eigenvalue weighted by Gasteiger charge is -2.12. The SMILES string of the molecule is C=CC(=O)NC=C(C(=O)Oc1ccccc1C(=O)c1ccccc1)c1ccc(C(=O)c2ccccc2)cc1. The molecule has 0 fully saturated rings. The minimum Gasteiger partial charge on any atom is -0.422 e. The predicted molar refractivity (Wildman–Crippen MR) is 145 cm³/mol. The minimum absolute atomic E-state index is 0.0147. The molecule has 0 saturated carbocycles. The van der Waals surface area contributed by atoms with Gasteiger partial charge in [0.15, 0.2) is 11.6 Å². The maximum absolute atomic E-state index is 13.3. The first kappa shape index (κ1) is 25.7. The molecule has 6 nitrogen and oxygen atoms in total. The summed E-state index contributed by atoms with van der Waals surface area (Å²) < 4.78 is 5.65. The van der Waals surface area contributed by atoms with Crippen molar-refractivity contribution in [3.63, 3.8) is 0 Å². The number of amides is 1. The third-order valence-corrected chi connectivity index (χ3v) is 5.63. The van der Waals surface area contributed by atoms with Gasteiger partial charge in [0.25, 0.3) is 0 Å². The highest BCUT2D eigenvalue weighted by Gasteiger charge is 2.20. The second kappa shape index (κ2) is 12.1. The number of ether oxygens (including phenoxy) is 1. The highest BCUT2D eigenvalue weighted by molar-refractivity contribution is 6.19. The standard InChI is InChI=1S/C32H23NO5/c1-2-29(34)33-21-27(22-17-19-25(20-18-22)30(35)23-11-5-3-6-12-23)32(37)38-28-16-10-9-15-26(28)31(36)24-13-7-4-8-14-24/h2-21H,1H2,(H,33,34). The van der Waals surface area contributed by atoms with Crippen LogP contribution in [0.5, 0.6) is 5.75 Å². The summed E-state index contributed by atoms with van der Waals surface area (Å²) in [6, 6.07) is 30.3. The van der Waals surface area contributed by atoms with Crippen LogP contribution < -0.4 is 10.1 Å². The molecule has 0 unspecified atom stereocenters. The van der Waals surface area contributed by atoms with Crippen molar-refractivity contribution >= 4 is 29.0 Å². The quantitative estimate of drug-likeness (QED) is 0.144. The largest absolute Gasteiger partial charge is 0.422 e. The smallest absolute Gasteiger partial charge is 0.345 e. The van der Waals surface area contributed by atoms with Crippen molar-refractivity contribution in [2.75, 3.05) is 0 Å². The number of nitrogens with one attached hydrogen (secondary N) is 1. The van der Waals surface area contributed by atoms with E-state index in [9.17, 15) is 19.2 Å². The van der Waals surface area contributed by atoms with E-state index in [2.05, 4.69) is 11.9 Å². The zero-order valence-corrected chi connectivity index (χ0v) is 20.3. The number of rotatable bonds is 9. The number of esters is 1. The second-order valence-corrected chi connectivity index (χ2v) is 8.12. The first-order valence-corrected chi connectivity index (χ1v) is 11.7. The van der Waals surface area contributed by atoms with Gasteiger partial charge in [0.05, 0.1) is 11.1 Å². The van der Waals surface area contributed by atoms with Gasteiger partial charge in [-0.05, 0) is 23.8 Å². The van der Waals surface area contributed by atoms with Gasteiger partial charge in [-0.2, -0.15) is 0 Å². The summed E-state index contributed by atoms with van der Waals surface area (Å²) >= 11 is 0. The van der Waals surface area contributed by atoms with E-state index in [4.69, 9.17) is 4.74 Å². The van der Waals surface area contributed by atoms with Crippen LogP contribution in [0.25, 0.3) is 5.57 Å². The fraction of sp³-hybridized carbons (Fsp3) is 0. The summed E-state index contributed by atoms with van der Waals surface area (Å²) in [4.78, 5) is 51.0. The van der Waals surface area contributed by atoms with E-state index in [-0.39, 0.29) is 28.5 Å². The van der Waals surface area contributed by atoms with Crippen molar-refractivity contribution in [1.82, 2.24) is 5.32 Å². The summed E-state index contributed by atoms with van der Waals surface area (Å²) in [6.07, 6.45) is 2.27. The van der Waals surface area contributed by atoms with Crippen LogP contribution in [0.15, 0.2) is 128 Å². The van der Waals surface area contributed by atoms with Gasteiger partial charge in [-0.3, -0.25) is 14.4 Å². The third kappa shape index (κ3) is 6.06. The van der Waals surface area contributed by atoms with Crippen LogP contribution in [0.1, 0.15) is 37.4 Å². The molecule has 4 rings (SSSR count). The molecule has 4 aromatic rings. The predicted octanol–water partition coefficient (Wildman–Crippen LogP) is 5.40. The van der Waals surface area contributed by atoms with Crippen LogP contribution in [0.2, 0.25) is 0 Å². The highest BCUT2D eigenvalue weighted by atomic mass is 16.5. The Hall–Kier alpha value is -5.36. The molecule has 0 radical (unpaired) electrons. The third-order valence-electron chi connectivity index (χ3n) is 5.63. The molecule has 0 aliphatic carbocycles. The van der Waals surface area contributed by atoms with Gasteiger partial charge >= 0.3 is 5.97 Å². The average Bonchev–Trinajstić information content (AvgIpc) is 2.98. The molecule has 38 heavy (non-hydrogen) atoms. The lowest BCUT2D eigenvalue weighted by Crippen LogP contribution is -2.19. The molecule has 0 aliphatic rings. The van der Waals surface area contributed by atoms with Crippen LogP contribution in [-0.4, -0.2) is 23.4 Å². The van der Waals surface area contributed by atoms with Crippen molar-refractivity contribution in [3.05, 3.63) is 156 Å². The molecule has 0 spiro atoms. The van der Waals surface area contributed by atoms with Gasteiger partial charge in [0, 0.05) is 22.9 Å². The number of para-hydroxylation sites is 1. The Bertz CT molecular complexity index is 1520. The summed E-state index contributed by atoms with van der Waals surface area (Å²) in [7, 11) is 0. The van der Waals surface area contributed by atoms with Crippen LogP contribution in [0, 0.1) is 0 Å². The molecule has 0 saturated heterocycles. The summed E-state index contributed by atoms with van der Waals surface area (Å²) in [6.45, 7) is 3.41. The Kier molecular flexibility index (Phi) is 8.16. The van der Waals surface area contributed by atoms with Gasteiger partial charge in [-0.25, -0.2) is 4.79 Å². The van der Waals surface area contributed by atoms with Gasteiger partial charge in [0.2, 0.25) is 5.91 Å². The number of carbonyl (C=O) groups is 4. The van der Waals surface area contributed by atoms with Crippen LogP contribution in [0.3, 0.4) is 0 Å². The van der Waals surface area contributed by atoms with E-state index >= 15 is 0 Å². The zero-order valence-electron chi connectivity index (χ0n) is 20.3. The monoisotopic (exact) mass is 501 g/mol. The van der Waals surface area contributed by atoms with Gasteiger partial charge in [-0.1, -0.05) is 104 Å². The van der Waals surface area contributed by atoms with Gasteiger partial charge in [-0.15, -0.1) is 0 Å². The molecule has 0 heterocycles. The molecule has 4 aromatic carbocycles. The topological polar surface area (TPSA) is 89.5 Å². The zero-order chi connectivity index (χ0) is 26.9. The van der Waals surface area contributed by atoms with Crippen LogP contribution in [-0.2, 0) is 9.59 Å². The minimum atomic E-state index is -0.801. The van der Waals surface area contributed by atoms with E-state index < -0.39 is 11.9 Å². The Morgan fingerprint density at radius 3 is 1.71 bits per heavy atom.